The molecule has 3 aromatic rings. The number of methoxy groups -OCH3 is 1. The first-order valence-corrected chi connectivity index (χ1v) is 9.31. The molecule has 31 heavy (non-hydrogen) atoms. The Hall–Kier alpha value is -4.34. The van der Waals surface area contributed by atoms with Gasteiger partial charge in [0.05, 0.1) is 24.2 Å². The molecule has 0 aliphatic carbocycles. The van der Waals surface area contributed by atoms with Gasteiger partial charge in [0.15, 0.2) is 5.71 Å². The van der Waals surface area contributed by atoms with Crippen molar-refractivity contribution in [2.24, 2.45) is 15.9 Å². The summed E-state index contributed by atoms with van der Waals surface area (Å²) in [7, 11) is 3.20. The first kappa shape index (κ1) is 21.4. The molecule has 4 N–H and O–H groups in total. The fourth-order valence-electron chi connectivity index (χ4n) is 2.61. The van der Waals surface area contributed by atoms with Crippen LogP contribution in [0.3, 0.4) is 0 Å². The molecular formula is C21H22N8O2. The van der Waals surface area contributed by atoms with E-state index in [4.69, 9.17) is 10.6 Å². The van der Waals surface area contributed by atoms with E-state index in [1.54, 1.807) is 50.6 Å². The molecule has 3 rings (SSSR count). The summed E-state index contributed by atoms with van der Waals surface area (Å²) in [6.07, 6.45) is 3.29. The van der Waals surface area contributed by atoms with Crippen molar-refractivity contribution in [1.29, 1.82) is 0 Å². The highest BCUT2D eigenvalue weighted by Crippen LogP contribution is 2.26. The van der Waals surface area contributed by atoms with Gasteiger partial charge < -0.3 is 21.2 Å². The molecule has 0 atom stereocenters. The van der Waals surface area contributed by atoms with Crippen LogP contribution >= 0.6 is 0 Å². The van der Waals surface area contributed by atoms with E-state index in [0.717, 1.165) is 0 Å². The number of hydrogen-bond donors (Lipinski definition) is 3. The summed E-state index contributed by atoms with van der Waals surface area (Å²) in [5.41, 5.74) is 2.63. The Kier molecular flexibility index (Phi) is 6.84. The molecule has 2 heterocycles. The summed E-state index contributed by atoms with van der Waals surface area (Å²) in [5, 5.41) is 9.23. The smallest absolute Gasteiger partial charge is 0.276 e. The molecule has 0 spiro atoms. The standard InChI is InChI=1S/C21H22N8O2/c1-13(29-22)18(26-15-7-5-4-6-8-15)19(30)27-17-10-9-16(28-20(17)31-3)14-11-24-21(23-2)25-12-14/h4-12H,22H2,1-3H3,(H,27,30)(H,23,24,25)/b26-18?,29-13-. The Bertz CT molecular complexity index is 1110. The van der Waals surface area contributed by atoms with Gasteiger partial charge >= 0.3 is 0 Å². The van der Waals surface area contributed by atoms with Gasteiger partial charge in [0, 0.05) is 25.0 Å². The Morgan fingerprint density at radius 1 is 1.10 bits per heavy atom. The lowest BCUT2D eigenvalue weighted by Gasteiger charge is -2.12. The van der Waals surface area contributed by atoms with E-state index in [1.807, 2.05) is 18.2 Å². The van der Waals surface area contributed by atoms with Crippen molar-refractivity contribution in [1.82, 2.24) is 15.0 Å². The fraction of sp³-hybridized carbons (Fsp3) is 0.143. The molecule has 10 heteroatoms. The summed E-state index contributed by atoms with van der Waals surface area (Å²) in [6.45, 7) is 1.61. The third-order valence-electron chi connectivity index (χ3n) is 4.22. The molecular weight excluding hydrogens is 396 g/mol. The lowest BCUT2D eigenvalue weighted by molar-refractivity contribution is -0.110. The molecule has 1 amide bonds. The van der Waals surface area contributed by atoms with Gasteiger partial charge in [-0.2, -0.15) is 5.10 Å². The van der Waals surface area contributed by atoms with Crippen LogP contribution in [-0.2, 0) is 4.79 Å². The maximum absolute atomic E-state index is 12.9. The van der Waals surface area contributed by atoms with Crippen LogP contribution in [0.15, 0.2) is 65.0 Å². The van der Waals surface area contributed by atoms with Crippen LogP contribution in [0.4, 0.5) is 17.3 Å². The third kappa shape index (κ3) is 5.18. The van der Waals surface area contributed by atoms with Crippen LogP contribution in [0.2, 0.25) is 0 Å². The van der Waals surface area contributed by atoms with Crippen molar-refractivity contribution >= 4 is 34.7 Å². The number of aromatic nitrogens is 3. The number of benzene rings is 1. The van der Waals surface area contributed by atoms with Crippen LogP contribution in [0.25, 0.3) is 11.3 Å². The number of nitrogens with zero attached hydrogens (tertiary/aromatic N) is 5. The molecule has 0 bridgehead atoms. The average molecular weight is 418 g/mol. The number of carbonyl (C=O) groups excluding carboxylic acids is 1. The maximum atomic E-state index is 12.9. The second-order valence-corrected chi connectivity index (χ2v) is 6.26. The summed E-state index contributed by atoms with van der Waals surface area (Å²) < 4.78 is 5.36. The van der Waals surface area contributed by atoms with E-state index in [9.17, 15) is 4.79 Å². The Labute approximate surface area is 179 Å². The zero-order valence-corrected chi connectivity index (χ0v) is 17.3. The maximum Gasteiger partial charge on any atom is 0.276 e. The van der Waals surface area contributed by atoms with Gasteiger partial charge in [-0.15, -0.1) is 0 Å². The van der Waals surface area contributed by atoms with Crippen LogP contribution < -0.4 is 21.2 Å². The van der Waals surface area contributed by atoms with E-state index in [2.05, 4.69) is 35.7 Å². The van der Waals surface area contributed by atoms with Crippen molar-refractivity contribution in [3.63, 3.8) is 0 Å². The zero-order chi connectivity index (χ0) is 22.2. The van der Waals surface area contributed by atoms with Crippen LogP contribution in [0.1, 0.15) is 6.92 Å². The molecule has 0 unspecified atom stereocenters. The van der Waals surface area contributed by atoms with Gasteiger partial charge in [-0.3, -0.25) is 4.79 Å². The number of anilines is 2. The van der Waals surface area contributed by atoms with Gasteiger partial charge in [-0.05, 0) is 31.2 Å². The van der Waals surface area contributed by atoms with E-state index in [0.29, 0.717) is 28.6 Å². The highest BCUT2D eigenvalue weighted by atomic mass is 16.5. The van der Waals surface area contributed by atoms with Crippen molar-refractivity contribution in [3.8, 4) is 17.1 Å². The van der Waals surface area contributed by atoms with Gasteiger partial charge in [0.2, 0.25) is 11.8 Å². The number of nitrogens with one attached hydrogen (secondary N) is 2. The largest absolute Gasteiger partial charge is 0.479 e. The minimum absolute atomic E-state index is 0.0795. The number of hydrazone groups is 1. The topological polar surface area (TPSA) is 140 Å². The molecule has 2 aromatic heterocycles. The molecule has 0 aliphatic heterocycles. The number of rotatable bonds is 7. The number of carbonyl (C=O) groups is 1. The SMILES string of the molecule is CNc1ncc(-c2ccc(NC(=O)C(=Nc3ccccc3)/C(C)=N\N)c(OC)n2)cn1. The van der Waals surface area contributed by atoms with Crippen LogP contribution in [0, 0.1) is 0 Å². The number of ether oxygens (including phenoxy) is 1. The van der Waals surface area contributed by atoms with Crippen molar-refractivity contribution in [2.45, 2.75) is 6.92 Å². The number of nitrogens with two attached hydrogens (primary N) is 1. The molecule has 0 radical (unpaired) electrons. The minimum Gasteiger partial charge on any atom is -0.479 e. The molecule has 0 fully saturated rings. The quantitative estimate of drug-likeness (QED) is 0.304. The first-order valence-electron chi connectivity index (χ1n) is 9.31. The van der Waals surface area contributed by atoms with Crippen LogP contribution in [0.5, 0.6) is 5.88 Å². The Morgan fingerprint density at radius 2 is 1.81 bits per heavy atom. The Morgan fingerprint density at radius 3 is 2.42 bits per heavy atom. The molecule has 0 saturated carbocycles. The average Bonchev–Trinajstić information content (AvgIpc) is 2.83. The lowest BCUT2D eigenvalue weighted by atomic mass is 10.2. The number of pyridine rings is 1. The summed E-state index contributed by atoms with van der Waals surface area (Å²) in [4.78, 5) is 30.1. The highest BCUT2D eigenvalue weighted by molar-refractivity contribution is 6.68. The molecule has 0 saturated heterocycles. The molecule has 158 valence electrons. The normalized spacial score (nSPS) is 11.7. The first-order chi connectivity index (χ1) is 15.0. The number of aliphatic imine (C=N–C) groups is 1. The zero-order valence-electron chi connectivity index (χ0n) is 17.3. The lowest BCUT2D eigenvalue weighted by Crippen LogP contribution is -2.29. The summed E-state index contributed by atoms with van der Waals surface area (Å²) in [5.74, 6) is 5.63. The molecule has 1 aromatic carbocycles. The van der Waals surface area contributed by atoms with Crippen molar-refractivity contribution in [3.05, 3.63) is 54.9 Å². The van der Waals surface area contributed by atoms with E-state index >= 15 is 0 Å². The second-order valence-electron chi connectivity index (χ2n) is 6.26. The van der Waals surface area contributed by atoms with E-state index in [1.165, 1.54) is 7.11 Å². The van der Waals surface area contributed by atoms with Gasteiger partial charge in [0.1, 0.15) is 5.69 Å². The van der Waals surface area contributed by atoms with Gasteiger partial charge in [0.25, 0.3) is 5.91 Å². The van der Waals surface area contributed by atoms with E-state index in [-0.39, 0.29) is 17.3 Å². The van der Waals surface area contributed by atoms with Crippen molar-refractivity contribution < 1.29 is 9.53 Å². The fourth-order valence-corrected chi connectivity index (χ4v) is 2.61. The summed E-state index contributed by atoms with van der Waals surface area (Å²) >= 11 is 0. The number of para-hydroxylation sites is 1. The van der Waals surface area contributed by atoms with E-state index < -0.39 is 5.91 Å². The van der Waals surface area contributed by atoms with Gasteiger partial charge in [-0.25, -0.2) is 19.9 Å². The summed E-state index contributed by atoms with van der Waals surface area (Å²) in [6, 6.07) is 12.5. The predicted molar refractivity (Wildman–Crippen MR) is 121 cm³/mol. The number of amides is 1. The Balaban J connectivity index is 1.89. The monoisotopic (exact) mass is 418 g/mol. The van der Waals surface area contributed by atoms with Crippen molar-refractivity contribution in [2.75, 3.05) is 24.8 Å². The highest BCUT2D eigenvalue weighted by Gasteiger charge is 2.18. The molecule has 0 aliphatic rings. The predicted octanol–water partition coefficient (Wildman–Crippen LogP) is 2.63. The van der Waals surface area contributed by atoms with Gasteiger partial charge in [-0.1, -0.05) is 18.2 Å². The second kappa shape index (κ2) is 9.92. The molecule has 10 nitrogen and oxygen atoms in total. The third-order valence-corrected chi connectivity index (χ3v) is 4.22. The minimum atomic E-state index is -0.495. The number of hydrogen-bond acceptors (Lipinski definition) is 9. The van der Waals surface area contributed by atoms with Crippen LogP contribution in [-0.4, -0.2) is 46.4 Å².